The first-order valence-electron chi connectivity index (χ1n) is 8.59. The van der Waals surface area contributed by atoms with Crippen molar-refractivity contribution in [3.8, 4) is 11.5 Å². The fourth-order valence-electron chi connectivity index (χ4n) is 2.44. The normalized spacial score (nSPS) is 14.9. The second-order valence-electron chi connectivity index (χ2n) is 5.84. The third-order valence-corrected chi connectivity index (χ3v) is 3.89. The van der Waals surface area contributed by atoms with Crippen LogP contribution in [0.5, 0.6) is 11.5 Å². The molecule has 0 aliphatic carbocycles. The second kappa shape index (κ2) is 8.34. The van der Waals surface area contributed by atoms with Gasteiger partial charge in [0.2, 0.25) is 5.90 Å². The number of methoxy groups -OCH3 is 1. The van der Waals surface area contributed by atoms with Crippen LogP contribution in [0.2, 0.25) is 0 Å². The minimum absolute atomic E-state index is 0.266. The van der Waals surface area contributed by atoms with Crippen LogP contribution in [0, 0.1) is 0 Å². The highest BCUT2D eigenvalue weighted by Gasteiger charge is 2.24. The summed E-state index contributed by atoms with van der Waals surface area (Å²) in [6, 6.07) is 14.8. The smallest absolute Gasteiger partial charge is 0.363 e. The molecule has 0 atom stereocenters. The van der Waals surface area contributed by atoms with Gasteiger partial charge in [0, 0.05) is 5.56 Å². The van der Waals surface area contributed by atoms with Crippen LogP contribution in [-0.4, -0.2) is 25.6 Å². The maximum Gasteiger partial charge on any atom is 0.363 e. The predicted octanol–water partition coefficient (Wildman–Crippen LogP) is 4.22. The topological polar surface area (TPSA) is 57.1 Å². The third-order valence-electron chi connectivity index (χ3n) is 3.89. The largest absolute Gasteiger partial charge is 0.497 e. The van der Waals surface area contributed by atoms with Crippen molar-refractivity contribution < 1.29 is 19.0 Å². The van der Waals surface area contributed by atoms with Crippen molar-refractivity contribution in [2.75, 3.05) is 13.7 Å². The SMILES string of the molecule is CCCCOc1ccc(/C=C2\N=C(c3cccc(OC)c3)OC2=O)cc1. The van der Waals surface area contributed by atoms with Crippen molar-refractivity contribution in [2.45, 2.75) is 19.8 Å². The minimum atomic E-state index is -0.467. The van der Waals surface area contributed by atoms with Crippen LogP contribution in [0.1, 0.15) is 30.9 Å². The summed E-state index contributed by atoms with van der Waals surface area (Å²) >= 11 is 0. The van der Waals surface area contributed by atoms with Gasteiger partial charge in [-0.3, -0.25) is 0 Å². The Morgan fingerprint density at radius 1 is 1.12 bits per heavy atom. The van der Waals surface area contributed by atoms with Gasteiger partial charge in [-0.2, -0.15) is 0 Å². The standard InChI is InChI=1S/C21H21NO4/c1-3-4-12-25-17-10-8-15(9-11-17)13-19-21(23)26-20(22-19)16-6-5-7-18(14-16)24-2/h5-11,13-14H,3-4,12H2,1-2H3/b19-13-. The van der Waals surface area contributed by atoms with Gasteiger partial charge in [-0.1, -0.05) is 31.5 Å². The Balaban J connectivity index is 1.75. The number of nitrogens with zero attached hydrogens (tertiary/aromatic N) is 1. The molecule has 0 saturated carbocycles. The summed E-state index contributed by atoms with van der Waals surface area (Å²) in [6.45, 7) is 2.83. The molecule has 2 aromatic carbocycles. The first kappa shape index (κ1) is 17.7. The second-order valence-corrected chi connectivity index (χ2v) is 5.84. The summed E-state index contributed by atoms with van der Waals surface area (Å²) in [7, 11) is 1.59. The highest BCUT2D eigenvalue weighted by atomic mass is 16.6. The molecule has 0 aromatic heterocycles. The molecule has 26 heavy (non-hydrogen) atoms. The van der Waals surface area contributed by atoms with Crippen LogP contribution in [0.3, 0.4) is 0 Å². The number of carbonyl (C=O) groups excluding carboxylic acids is 1. The maximum absolute atomic E-state index is 12.1. The lowest BCUT2D eigenvalue weighted by Crippen LogP contribution is -2.05. The molecule has 0 unspecified atom stereocenters. The lowest BCUT2D eigenvalue weighted by molar-refractivity contribution is -0.129. The molecule has 0 spiro atoms. The van der Waals surface area contributed by atoms with Gasteiger partial charge in [0.25, 0.3) is 0 Å². The van der Waals surface area contributed by atoms with Gasteiger partial charge < -0.3 is 14.2 Å². The van der Waals surface area contributed by atoms with Crippen LogP contribution in [0.25, 0.3) is 6.08 Å². The first-order valence-corrected chi connectivity index (χ1v) is 8.59. The number of benzene rings is 2. The molecule has 2 aromatic rings. The van der Waals surface area contributed by atoms with E-state index in [1.165, 1.54) is 0 Å². The lowest BCUT2D eigenvalue weighted by atomic mass is 10.2. The number of unbranched alkanes of at least 4 members (excludes halogenated alkanes) is 1. The number of carbonyl (C=O) groups is 1. The maximum atomic E-state index is 12.1. The van der Waals surface area contributed by atoms with Crippen molar-refractivity contribution in [1.82, 2.24) is 0 Å². The van der Waals surface area contributed by atoms with Gasteiger partial charge in [0.15, 0.2) is 5.70 Å². The lowest BCUT2D eigenvalue weighted by Gasteiger charge is -2.05. The summed E-state index contributed by atoms with van der Waals surface area (Å²) in [5, 5.41) is 0. The highest BCUT2D eigenvalue weighted by Crippen LogP contribution is 2.22. The van der Waals surface area contributed by atoms with Crippen LogP contribution >= 0.6 is 0 Å². The Kier molecular flexibility index (Phi) is 5.69. The molecule has 134 valence electrons. The molecular weight excluding hydrogens is 330 g/mol. The molecule has 1 aliphatic rings. The number of esters is 1. The molecule has 0 N–H and O–H groups in total. The molecule has 0 saturated heterocycles. The molecular formula is C21H21NO4. The quantitative estimate of drug-likeness (QED) is 0.426. The number of rotatable bonds is 7. The molecule has 5 heteroatoms. The molecule has 0 fully saturated rings. The zero-order valence-electron chi connectivity index (χ0n) is 14.9. The molecule has 1 aliphatic heterocycles. The minimum Gasteiger partial charge on any atom is -0.497 e. The predicted molar refractivity (Wildman–Crippen MR) is 100 cm³/mol. The number of ether oxygens (including phenoxy) is 3. The summed E-state index contributed by atoms with van der Waals surface area (Å²) in [5.41, 5.74) is 1.82. The van der Waals surface area contributed by atoms with E-state index in [2.05, 4.69) is 11.9 Å². The van der Waals surface area contributed by atoms with E-state index in [1.807, 2.05) is 42.5 Å². The molecule has 0 bridgehead atoms. The van der Waals surface area contributed by atoms with E-state index < -0.39 is 5.97 Å². The van der Waals surface area contributed by atoms with Crippen molar-refractivity contribution in [3.63, 3.8) is 0 Å². The molecule has 0 amide bonds. The van der Waals surface area contributed by atoms with Gasteiger partial charge in [-0.15, -0.1) is 0 Å². The van der Waals surface area contributed by atoms with E-state index in [0.717, 1.165) is 24.2 Å². The number of cyclic esters (lactones) is 1. The van der Waals surface area contributed by atoms with E-state index in [9.17, 15) is 4.79 Å². The zero-order valence-corrected chi connectivity index (χ0v) is 14.9. The molecule has 1 heterocycles. The van der Waals surface area contributed by atoms with Gasteiger partial charge in [0.05, 0.1) is 13.7 Å². The molecule has 0 radical (unpaired) electrons. The average Bonchev–Trinajstić information content (AvgIpc) is 3.04. The van der Waals surface area contributed by atoms with Crippen LogP contribution < -0.4 is 9.47 Å². The van der Waals surface area contributed by atoms with Crippen LogP contribution in [0.15, 0.2) is 59.2 Å². The molecule has 5 nitrogen and oxygen atoms in total. The summed E-state index contributed by atoms with van der Waals surface area (Å²) in [6.07, 6.45) is 3.82. The Labute approximate surface area is 152 Å². The van der Waals surface area contributed by atoms with Gasteiger partial charge >= 0.3 is 5.97 Å². The molecule has 3 rings (SSSR count). The average molecular weight is 351 g/mol. The van der Waals surface area contributed by atoms with Gasteiger partial charge in [-0.25, -0.2) is 9.79 Å². The van der Waals surface area contributed by atoms with Gasteiger partial charge in [-0.05, 0) is 48.4 Å². The van der Waals surface area contributed by atoms with E-state index >= 15 is 0 Å². The van der Waals surface area contributed by atoms with Crippen molar-refractivity contribution in [1.29, 1.82) is 0 Å². The van der Waals surface area contributed by atoms with Crippen molar-refractivity contribution in [2.24, 2.45) is 4.99 Å². The van der Waals surface area contributed by atoms with E-state index in [4.69, 9.17) is 14.2 Å². The number of hydrogen-bond donors (Lipinski definition) is 0. The van der Waals surface area contributed by atoms with Crippen molar-refractivity contribution in [3.05, 3.63) is 65.4 Å². The Bertz CT molecular complexity index is 837. The summed E-state index contributed by atoms with van der Waals surface area (Å²) < 4.78 is 16.1. The van der Waals surface area contributed by atoms with E-state index in [-0.39, 0.29) is 11.6 Å². The third kappa shape index (κ3) is 4.30. The Morgan fingerprint density at radius 2 is 1.92 bits per heavy atom. The first-order chi connectivity index (χ1) is 12.7. The summed E-state index contributed by atoms with van der Waals surface area (Å²) in [5.74, 6) is 1.30. The fourth-order valence-corrected chi connectivity index (χ4v) is 2.44. The van der Waals surface area contributed by atoms with Crippen LogP contribution in [-0.2, 0) is 9.53 Å². The van der Waals surface area contributed by atoms with E-state index in [0.29, 0.717) is 17.9 Å². The Hall–Kier alpha value is -3.08. The fraction of sp³-hybridized carbons (Fsp3) is 0.238. The van der Waals surface area contributed by atoms with Crippen molar-refractivity contribution >= 4 is 17.9 Å². The Morgan fingerprint density at radius 3 is 2.65 bits per heavy atom. The van der Waals surface area contributed by atoms with Crippen LogP contribution in [0.4, 0.5) is 0 Å². The highest BCUT2D eigenvalue weighted by molar-refractivity contribution is 6.12. The van der Waals surface area contributed by atoms with Gasteiger partial charge in [0.1, 0.15) is 11.5 Å². The van der Waals surface area contributed by atoms with E-state index in [1.54, 1.807) is 19.3 Å². The number of aliphatic imine (C=N–C) groups is 1. The summed E-state index contributed by atoms with van der Waals surface area (Å²) in [4.78, 5) is 16.4. The number of hydrogen-bond acceptors (Lipinski definition) is 5. The monoisotopic (exact) mass is 351 g/mol. The zero-order chi connectivity index (χ0) is 18.4.